The Morgan fingerprint density at radius 3 is 1.25 bits per heavy atom. The number of piperidine rings is 2. The van der Waals surface area contributed by atoms with Gasteiger partial charge in [-0.05, 0) is 231 Å². The Labute approximate surface area is 743 Å². The number of rotatable bonds is 20. The monoisotopic (exact) mass is 1780 g/mol. The first-order valence-electron chi connectivity index (χ1n) is 44.0. The van der Waals surface area contributed by atoms with Crippen LogP contribution < -0.4 is 26.7 Å². The Morgan fingerprint density at radius 2 is 0.833 bits per heavy atom. The van der Waals surface area contributed by atoms with Crippen molar-refractivity contribution >= 4 is 121 Å². The number of amides is 8. The number of hydrogen-bond acceptors (Lipinski definition) is 18. The van der Waals surface area contributed by atoms with Gasteiger partial charge in [0.1, 0.15) is 35.8 Å². The van der Waals surface area contributed by atoms with Crippen LogP contribution >= 0.6 is 15.9 Å². The van der Waals surface area contributed by atoms with E-state index in [1.54, 1.807) is 20.0 Å². The van der Waals surface area contributed by atoms with Crippen LogP contribution in [0, 0.1) is 23.7 Å². The third kappa shape index (κ3) is 18.7. The molecule has 2 aliphatic carbocycles. The smallest absolute Gasteiger partial charge is 0.453 e. The van der Waals surface area contributed by atoms with Crippen molar-refractivity contribution in [3.05, 3.63) is 173 Å². The van der Waals surface area contributed by atoms with Crippen LogP contribution in [0.25, 0.3) is 66.3 Å². The summed E-state index contributed by atoms with van der Waals surface area (Å²) in [5, 5.41) is 15.2. The molecule has 17 rings (SSSR count). The Kier molecular flexibility index (Phi) is 26.6. The lowest BCUT2D eigenvalue weighted by atomic mass is 9.78. The van der Waals surface area contributed by atoms with Crippen molar-refractivity contribution in [2.24, 2.45) is 33.7 Å². The van der Waals surface area contributed by atoms with Gasteiger partial charge in [-0.1, -0.05) is 135 Å². The molecule has 30 heteroatoms. The predicted octanol–water partition coefficient (Wildman–Crippen LogP) is 15.6. The second-order valence-electron chi connectivity index (χ2n) is 36.2. The molecule has 7 fully saturated rings. The SMILES string of the molecule is COC(=O)N[C@@H](C)C(=O)N1[C@@H]2CC[C@@H](C2)[C@H]1C1=NC=C(c2ccc3cc(-c4ccc(-c5cnc([C@@H]6CCCN6C(=O)[C@@H](NC(=O)OC)C(C)C)[nH]5)cc4)ccc3c2)C1.COC(=O)N[C@@H](C)C(=O)N1[C@@H]2CC[C@@H](C2)[C@H]1C1=NC=C(c2ccc3cc(B4OC(C)(C)C(C)(C)O4)ccc3c2)C1.COC(=O)N[C@H](C(=O)N1CCC[C@H]1c1ncc(-c2ccc(Br)cc2)[nH]1)C(C)C. The van der Waals surface area contributed by atoms with E-state index in [0.29, 0.717) is 37.8 Å². The maximum atomic E-state index is 13.6. The maximum Gasteiger partial charge on any atom is 0.494 e. The van der Waals surface area contributed by atoms with E-state index in [4.69, 9.17) is 38.5 Å². The number of nitrogens with one attached hydrogen (secondary N) is 6. The molecule has 7 aliphatic heterocycles. The number of ether oxygens (including phenoxy) is 4. The molecule has 2 saturated carbocycles. The third-order valence-electron chi connectivity index (χ3n) is 27.0. The molecule has 2 aromatic heterocycles. The highest BCUT2D eigenvalue weighted by Crippen LogP contribution is 2.48. The van der Waals surface area contributed by atoms with Crippen molar-refractivity contribution in [3.63, 3.8) is 0 Å². The minimum absolute atomic E-state index is 0.0233. The van der Waals surface area contributed by atoms with Crippen LogP contribution in [0.2, 0.25) is 0 Å². The molecule has 662 valence electrons. The highest BCUT2D eigenvalue weighted by molar-refractivity contribution is 9.10. The number of likely N-dealkylation sites (tertiary alicyclic amines) is 4. The number of fused-ring (bicyclic) bond motifs is 6. The molecule has 0 unspecified atom stereocenters. The fourth-order valence-corrected chi connectivity index (χ4v) is 19.8. The summed E-state index contributed by atoms with van der Waals surface area (Å²) in [6, 6.07) is 39.6. The van der Waals surface area contributed by atoms with Crippen molar-refractivity contribution in [1.29, 1.82) is 0 Å². The van der Waals surface area contributed by atoms with Crippen LogP contribution in [0.4, 0.5) is 19.2 Å². The van der Waals surface area contributed by atoms with Crippen LogP contribution in [0.1, 0.15) is 181 Å². The molecule has 126 heavy (non-hydrogen) atoms. The van der Waals surface area contributed by atoms with Crippen LogP contribution in [0.3, 0.4) is 0 Å². The number of H-pyrrole nitrogens is 2. The maximum absolute atomic E-state index is 13.6. The number of carbonyl (C=O) groups excluding carboxylic acids is 8. The predicted molar refractivity (Wildman–Crippen MR) is 488 cm³/mol. The zero-order chi connectivity index (χ0) is 89.3. The van der Waals surface area contributed by atoms with Gasteiger partial charge in [-0.25, -0.2) is 29.1 Å². The van der Waals surface area contributed by atoms with Gasteiger partial charge in [-0.15, -0.1) is 0 Å². The van der Waals surface area contributed by atoms with Crippen LogP contribution in [0.15, 0.2) is 161 Å². The number of aliphatic imine (C=N–C) groups is 2. The lowest BCUT2D eigenvalue weighted by Crippen LogP contribution is -2.55. The fraction of sp³-hybridized carbons (Fsp3) is 0.458. The second kappa shape index (κ2) is 37.6. The minimum Gasteiger partial charge on any atom is -0.453 e. The van der Waals surface area contributed by atoms with E-state index in [1.807, 2.05) is 90.2 Å². The zero-order valence-electron chi connectivity index (χ0n) is 74.1. The number of allylic oxidation sites excluding steroid dienone is 2. The summed E-state index contributed by atoms with van der Waals surface area (Å²) in [7, 11) is 4.80. The summed E-state index contributed by atoms with van der Waals surface area (Å²) in [5.74, 6) is 1.75. The topological polar surface area (TPSA) is 335 Å². The molecular weight excluding hydrogens is 1660 g/mol. The molecule has 8 amide bonds. The molecular formula is C96H114BBrN14O14. The summed E-state index contributed by atoms with van der Waals surface area (Å²) in [5.41, 5.74) is 12.9. The van der Waals surface area contributed by atoms with Crippen LogP contribution in [-0.2, 0) is 47.4 Å². The normalized spacial score (nSPS) is 22.7. The van der Waals surface area contributed by atoms with Crippen molar-refractivity contribution in [1.82, 2.24) is 60.8 Å². The summed E-state index contributed by atoms with van der Waals surface area (Å²) in [6.07, 6.45) is 16.0. The number of hydrogen-bond donors (Lipinski definition) is 6. The number of methoxy groups -OCH3 is 4. The molecule has 9 aliphatic rings. The molecule has 9 heterocycles. The summed E-state index contributed by atoms with van der Waals surface area (Å²) >= 11 is 3.44. The van der Waals surface area contributed by atoms with Crippen LogP contribution in [-0.4, -0.2) is 207 Å². The molecule has 0 spiro atoms. The average Bonchev–Trinajstić information content (AvgIpc) is 1.59. The van der Waals surface area contributed by atoms with Crippen molar-refractivity contribution in [2.45, 2.75) is 218 Å². The Morgan fingerprint density at radius 1 is 0.460 bits per heavy atom. The van der Waals surface area contributed by atoms with Gasteiger partial charge in [0.25, 0.3) is 0 Å². The summed E-state index contributed by atoms with van der Waals surface area (Å²) < 4.78 is 32.4. The second-order valence-corrected chi connectivity index (χ2v) is 37.1. The number of imidazole rings is 2. The Bertz CT molecular complexity index is 5570. The van der Waals surface area contributed by atoms with E-state index < -0.39 is 48.5 Å². The largest absolute Gasteiger partial charge is 0.494 e. The van der Waals surface area contributed by atoms with Gasteiger partial charge in [0.15, 0.2) is 0 Å². The van der Waals surface area contributed by atoms with Crippen molar-refractivity contribution < 1.29 is 66.6 Å². The third-order valence-corrected chi connectivity index (χ3v) is 27.5. The van der Waals surface area contributed by atoms with E-state index in [0.717, 1.165) is 175 Å². The molecule has 4 bridgehead atoms. The number of nitrogens with zero attached hydrogens (tertiary/aromatic N) is 8. The number of benzene rings is 6. The molecule has 8 aromatic rings. The number of halogens is 1. The average molecular weight is 1780 g/mol. The fourth-order valence-electron chi connectivity index (χ4n) is 19.5. The van der Waals surface area contributed by atoms with Gasteiger partial charge in [0.2, 0.25) is 23.6 Å². The van der Waals surface area contributed by atoms with E-state index in [2.05, 4.69) is 182 Å². The van der Waals surface area contributed by atoms with Gasteiger partial charge >= 0.3 is 31.5 Å². The first kappa shape index (κ1) is 89.3. The number of carbonyl (C=O) groups is 8. The van der Waals surface area contributed by atoms with Gasteiger partial charge in [0.05, 0.1) is 87.6 Å². The molecule has 6 aromatic carbocycles. The van der Waals surface area contributed by atoms with E-state index in [1.165, 1.54) is 28.4 Å². The van der Waals surface area contributed by atoms with Gasteiger partial charge < -0.3 is 79.1 Å². The first-order chi connectivity index (χ1) is 60.4. The highest BCUT2D eigenvalue weighted by Gasteiger charge is 2.55. The number of aromatic amines is 2. The lowest BCUT2D eigenvalue weighted by Gasteiger charge is -2.37. The Hall–Kier alpha value is -11.5. The molecule has 28 nitrogen and oxygen atoms in total. The van der Waals surface area contributed by atoms with Crippen molar-refractivity contribution in [3.8, 4) is 33.6 Å². The molecule has 6 N–H and O–H groups in total. The summed E-state index contributed by atoms with van der Waals surface area (Å²) in [6.45, 7) is 20.6. The quantitative estimate of drug-likeness (QED) is 0.0305. The lowest BCUT2D eigenvalue weighted by molar-refractivity contribution is -0.136. The number of aromatic nitrogens is 4. The first-order valence-corrected chi connectivity index (χ1v) is 44.7. The Balaban J connectivity index is 0.000000156. The van der Waals surface area contributed by atoms with Crippen LogP contribution in [0.5, 0.6) is 0 Å². The highest BCUT2D eigenvalue weighted by atomic mass is 79.9. The standard InChI is InChI=1S/C45H51N7O6.C31H38BN3O5.C20H25BrN4O3/c1-25(2)39(50-45(56)58-5)43(54)51-18-6-7-38(51)41-47-24-37(49-41)28-10-8-27(9-11-28)29-12-13-31-20-32(15-14-30(31)19-29)34-22-36(46-23-34)40-33-16-17-35(21-33)52(40)42(53)26(3)48-44(55)57-4;1-18(34-29(37)38-6)28(36)35-25-12-10-22(15-25)27(35)26-16-23(17-33-26)20-7-8-21-14-24(11-9-19(21)13-20)32-39-30(2,3)31(4,5)40-32;1-12(2)17(24-20(27)28-3)19(26)25-10-4-5-16(25)18-22-11-15(23-18)13-6-8-14(21)9-7-13/h8-15,19-20,23-26,33,35,38-40H,6-7,16-18,21-22H2,1-5H3,(H,47,49)(H,48,55)(H,50,56);7-9,11,13-14,17-18,22,25,27H,10,12,15-16H2,1-6H3,(H,34,37);6-9,11-12,16-17H,4-5,10H2,1-3H3,(H,22,23)(H,24,27)/t26-,33-,35+,38-,39-,40-;18-,22-,25+,27-;16-,17-/m000/s1. The number of alkyl carbamates (subject to hydrolysis) is 4. The molecule has 12 atom stereocenters. The van der Waals surface area contributed by atoms with Crippen molar-refractivity contribution in [2.75, 3.05) is 41.5 Å². The molecule has 5 saturated heterocycles. The zero-order valence-corrected chi connectivity index (χ0v) is 75.7. The van der Waals surface area contributed by atoms with E-state index >= 15 is 0 Å². The van der Waals surface area contributed by atoms with Gasteiger partial charge in [-0.3, -0.25) is 29.2 Å². The summed E-state index contributed by atoms with van der Waals surface area (Å²) in [4.78, 5) is 134. The molecule has 0 radical (unpaired) electrons. The van der Waals surface area contributed by atoms with Gasteiger partial charge in [-0.2, -0.15) is 0 Å². The van der Waals surface area contributed by atoms with E-state index in [9.17, 15) is 38.4 Å². The minimum atomic E-state index is -0.683. The van der Waals surface area contributed by atoms with E-state index in [-0.39, 0.29) is 90.0 Å². The van der Waals surface area contributed by atoms with Gasteiger partial charge in [0, 0.05) is 66.3 Å².